The quantitative estimate of drug-likeness (QED) is 0.255. The van der Waals surface area contributed by atoms with Crippen molar-refractivity contribution < 1.29 is 14.0 Å². The number of nitrogens with one attached hydrogen (secondary N) is 2. The zero-order chi connectivity index (χ0) is 28.0. The first-order chi connectivity index (χ1) is 18.9. The zero-order valence-electron chi connectivity index (χ0n) is 22.7. The summed E-state index contributed by atoms with van der Waals surface area (Å²) in [5.74, 6) is -0.293. The van der Waals surface area contributed by atoms with Crippen LogP contribution in [0.5, 0.6) is 0 Å². The van der Waals surface area contributed by atoms with E-state index in [2.05, 4.69) is 22.5 Å². The van der Waals surface area contributed by atoms with Crippen molar-refractivity contribution in [3.05, 3.63) is 63.9 Å². The summed E-state index contributed by atoms with van der Waals surface area (Å²) < 4.78 is 13.4. The Morgan fingerprint density at radius 1 is 0.949 bits per heavy atom. The van der Waals surface area contributed by atoms with Crippen LogP contribution in [0.25, 0.3) is 0 Å². The summed E-state index contributed by atoms with van der Waals surface area (Å²) in [4.78, 5) is 31.5. The Kier molecular flexibility index (Phi) is 13.1. The van der Waals surface area contributed by atoms with Crippen molar-refractivity contribution in [2.24, 2.45) is 0 Å². The minimum atomic E-state index is -0.293. The molecule has 2 N–H and O–H groups in total. The number of rotatable bonds is 13. The first-order valence-corrected chi connectivity index (χ1v) is 14.6. The molecule has 7 nitrogen and oxygen atoms in total. The van der Waals surface area contributed by atoms with Gasteiger partial charge >= 0.3 is 12.1 Å². The molecule has 2 aromatic carbocycles. The Morgan fingerprint density at radius 2 is 1.64 bits per heavy atom. The van der Waals surface area contributed by atoms with Crippen LogP contribution < -0.4 is 10.6 Å². The smallest absolute Gasteiger partial charge is 0.321 e. The topological polar surface area (TPSA) is 67.9 Å². The summed E-state index contributed by atoms with van der Waals surface area (Å²) in [6.07, 6.45) is 6.99. The van der Waals surface area contributed by atoms with Gasteiger partial charge in [-0.15, -0.1) is 0 Å². The highest BCUT2D eigenvalue weighted by Gasteiger charge is 2.23. The number of amides is 4. The molecule has 0 spiro atoms. The third-order valence-electron chi connectivity index (χ3n) is 6.90. The molecule has 0 bridgehead atoms. The lowest BCUT2D eigenvalue weighted by Gasteiger charge is -2.36. The lowest BCUT2D eigenvalue weighted by molar-refractivity contribution is 0.134. The molecule has 1 aliphatic rings. The molecule has 0 unspecified atom stereocenters. The van der Waals surface area contributed by atoms with E-state index in [1.807, 2.05) is 0 Å². The number of carbonyl (C=O) groups excluding carboxylic acids is 2. The highest BCUT2D eigenvalue weighted by Crippen LogP contribution is 2.25. The minimum Gasteiger partial charge on any atom is -0.338 e. The highest BCUT2D eigenvalue weighted by molar-refractivity contribution is 6.36. The number of urea groups is 2. The highest BCUT2D eigenvalue weighted by atomic mass is 35.5. The van der Waals surface area contributed by atoms with Gasteiger partial charge in [0.05, 0.1) is 10.7 Å². The molecular formula is C29H40Cl2FN5O2. The fourth-order valence-electron chi connectivity index (χ4n) is 4.50. The normalized spacial score (nSPS) is 13.8. The second-order valence-corrected chi connectivity index (χ2v) is 10.8. The van der Waals surface area contributed by atoms with E-state index in [1.54, 1.807) is 40.1 Å². The van der Waals surface area contributed by atoms with E-state index in [9.17, 15) is 14.0 Å². The van der Waals surface area contributed by atoms with E-state index < -0.39 is 0 Å². The number of benzene rings is 2. The Balaban J connectivity index is 1.46. The Hall–Kier alpha value is -2.55. The summed E-state index contributed by atoms with van der Waals surface area (Å²) >= 11 is 12.1. The summed E-state index contributed by atoms with van der Waals surface area (Å²) in [5, 5.41) is 6.81. The molecule has 1 aliphatic heterocycles. The number of hydrogen-bond acceptors (Lipinski definition) is 3. The van der Waals surface area contributed by atoms with Crippen LogP contribution in [-0.4, -0.2) is 72.6 Å². The molecule has 1 heterocycles. The molecule has 0 aromatic heterocycles. The van der Waals surface area contributed by atoms with Crippen LogP contribution >= 0.6 is 23.2 Å². The van der Waals surface area contributed by atoms with E-state index in [1.165, 1.54) is 37.8 Å². The van der Waals surface area contributed by atoms with Crippen LogP contribution in [0.3, 0.4) is 0 Å². The third kappa shape index (κ3) is 10.9. The van der Waals surface area contributed by atoms with Gasteiger partial charge in [0.25, 0.3) is 0 Å². The first-order valence-electron chi connectivity index (χ1n) is 13.9. The Labute approximate surface area is 241 Å². The molecule has 3 rings (SSSR count). The van der Waals surface area contributed by atoms with Crippen molar-refractivity contribution in [1.29, 1.82) is 0 Å². The van der Waals surface area contributed by atoms with Gasteiger partial charge in [0.1, 0.15) is 5.82 Å². The number of halogens is 3. The molecule has 2 aromatic rings. The number of hydrogen-bond donors (Lipinski definition) is 2. The van der Waals surface area contributed by atoms with Gasteiger partial charge in [-0.1, -0.05) is 74.4 Å². The summed E-state index contributed by atoms with van der Waals surface area (Å²) in [7, 11) is 0. The molecule has 1 saturated heterocycles. The standard InChI is InChI=1S/C29H40Cl2FN5O2/c1-2-3-4-5-6-7-14-33-28(38)37(22-23-8-11-25(32)12-9-23)20-17-35-15-18-36(19-16-35)29(39)34-27-13-10-24(30)21-26(27)31/h8-13,21H,2-7,14-20,22H2,1H3,(H,33,38)(H,34,39). The largest absolute Gasteiger partial charge is 0.338 e. The average molecular weight is 581 g/mol. The first kappa shape index (κ1) is 31.0. The molecule has 39 heavy (non-hydrogen) atoms. The maximum absolute atomic E-state index is 13.4. The van der Waals surface area contributed by atoms with E-state index in [4.69, 9.17) is 23.2 Å². The van der Waals surface area contributed by atoms with Gasteiger partial charge in [0.2, 0.25) is 0 Å². The van der Waals surface area contributed by atoms with Gasteiger partial charge in [-0.05, 0) is 42.3 Å². The summed E-state index contributed by atoms with van der Waals surface area (Å²) in [6.45, 7) is 7.01. The fourth-order valence-corrected chi connectivity index (χ4v) is 4.95. The van der Waals surface area contributed by atoms with Gasteiger partial charge < -0.3 is 20.4 Å². The molecule has 4 amide bonds. The number of carbonyl (C=O) groups is 2. The van der Waals surface area contributed by atoms with Gasteiger partial charge in [0.15, 0.2) is 0 Å². The number of anilines is 1. The third-order valence-corrected chi connectivity index (χ3v) is 7.45. The monoisotopic (exact) mass is 579 g/mol. The van der Waals surface area contributed by atoms with E-state index in [0.717, 1.165) is 18.4 Å². The van der Waals surface area contributed by atoms with E-state index >= 15 is 0 Å². The minimum absolute atomic E-state index is 0.106. The van der Waals surface area contributed by atoms with Gasteiger partial charge in [0, 0.05) is 57.4 Å². The average Bonchev–Trinajstić information content (AvgIpc) is 2.93. The zero-order valence-corrected chi connectivity index (χ0v) is 24.2. The van der Waals surface area contributed by atoms with Crippen LogP contribution in [0.4, 0.5) is 19.7 Å². The maximum atomic E-state index is 13.4. The van der Waals surface area contributed by atoms with Gasteiger partial charge in [-0.2, -0.15) is 0 Å². The van der Waals surface area contributed by atoms with Gasteiger partial charge in [-0.3, -0.25) is 4.90 Å². The predicted molar refractivity (Wildman–Crippen MR) is 157 cm³/mol. The van der Waals surface area contributed by atoms with Crippen LogP contribution in [0.1, 0.15) is 51.0 Å². The molecule has 0 saturated carbocycles. The van der Waals surface area contributed by atoms with Crippen LogP contribution in [0.2, 0.25) is 10.0 Å². The van der Waals surface area contributed by atoms with Crippen LogP contribution in [0, 0.1) is 5.82 Å². The lowest BCUT2D eigenvalue weighted by atomic mass is 10.1. The molecule has 1 fully saturated rings. The Morgan fingerprint density at radius 3 is 2.33 bits per heavy atom. The Bertz CT molecular complexity index is 1050. The number of unbranched alkanes of at least 4 members (excludes halogenated alkanes) is 5. The summed E-state index contributed by atoms with van der Waals surface area (Å²) in [5.41, 5.74) is 1.41. The SMILES string of the molecule is CCCCCCCCNC(=O)N(CCN1CCN(C(=O)Nc2ccc(Cl)cc2Cl)CC1)Cc1ccc(F)cc1. The second kappa shape index (κ2) is 16.5. The number of nitrogens with zero attached hydrogens (tertiary/aromatic N) is 3. The molecular weight excluding hydrogens is 540 g/mol. The van der Waals surface area contributed by atoms with Crippen molar-refractivity contribution in [1.82, 2.24) is 20.0 Å². The molecule has 0 radical (unpaired) electrons. The van der Waals surface area contributed by atoms with E-state index in [0.29, 0.717) is 68.1 Å². The van der Waals surface area contributed by atoms with Crippen molar-refractivity contribution in [3.8, 4) is 0 Å². The van der Waals surface area contributed by atoms with Crippen molar-refractivity contribution in [2.45, 2.75) is 52.0 Å². The van der Waals surface area contributed by atoms with Crippen molar-refractivity contribution in [2.75, 3.05) is 51.1 Å². The second-order valence-electron chi connectivity index (χ2n) is 9.93. The summed E-state index contributed by atoms with van der Waals surface area (Å²) in [6, 6.07) is 10.9. The van der Waals surface area contributed by atoms with Crippen LogP contribution in [0.15, 0.2) is 42.5 Å². The molecule has 0 atom stereocenters. The van der Waals surface area contributed by atoms with E-state index in [-0.39, 0.29) is 17.9 Å². The number of piperazine rings is 1. The molecule has 10 heteroatoms. The fraction of sp³-hybridized carbons (Fsp3) is 0.517. The van der Waals surface area contributed by atoms with Crippen molar-refractivity contribution in [3.63, 3.8) is 0 Å². The van der Waals surface area contributed by atoms with Gasteiger partial charge in [-0.25, -0.2) is 14.0 Å². The lowest BCUT2D eigenvalue weighted by Crippen LogP contribution is -2.52. The van der Waals surface area contributed by atoms with Crippen LogP contribution in [-0.2, 0) is 6.54 Å². The maximum Gasteiger partial charge on any atom is 0.321 e. The molecule has 0 aliphatic carbocycles. The van der Waals surface area contributed by atoms with Crippen molar-refractivity contribution >= 4 is 41.0 Å². The predicted octanol–water partition coefficient (Wildman–Crippen LogP) is 6.85. The molecule has 214 valence electrons.